The second kappa shape index (κ2) is 10.8. The lowest BCUT2D eigenvalue weighted by molar-refractivity contribution is -0.134. The molecule has 1 saturated heterocycles. The maximum Gasteiger partial charge on any atom is 0.260 e. The van der Waals surface area contributed by atoms with Crippen LogP contribution >= 0.6 is 12.4 Å². The average molecular weight is 426 g/mol. The van der Waals surface area contributed by atoms with E-state index in [1.807, 2.05) is 39.5 Å². The molecule has 0 radical (unpaired) electrons. The summed E-state index contributed by atoms with van der Waals surface area (Å²) in [7, 11) is 0. The highest BCUT2D eigenvalue weighted by molar-refractivity contribution is 5.95. The van der Waals surface area contributed by atoms with E-state index in [4.69, 9.17) is 10.5 Å². The third kappa shape index (κ3) is 6.34. The van der Waals surface area contributed by atoms with Gasteiger partial charge in [-0.2, -0.15) is 0 Å². The summed E-state index contributed by atoms with van der Waals surface area (Å²) in [4.78, 5) is 27.0. The van der Waals surface area contributed by atoms with E-state index >= 15 is 0 Å². The monoisotopic (exact) mass is 425 g/mol. The first kappa shape index (κ1) is 25.2. The fraction of sp³-hybridized carbons (Fsp3) is 0.636. The van der Waals surface area contributed by atoms with Crippen LogP contribution in [0.3, 0.4) is 0 Å². The molecule has 1 atom stereocenters. The van der Waals surface area contributed by atoms with Gasteiger partial charge in [0.1, 0.15) is 5.75 Å². The second-order valence-corrected chi connectivity index (χ2v) is 8.40. The predicted molar refractivity (Wildman–Crippen MR) is 119 cm³/mol. The quantitative estimate of drug-likeness (QED) is 0.702. The van der Waals surface area contributed by atoms with Gasteiger partial charge >= 0.3 is 0 Å². The number of nitrogens with two attached hydrogens (primary N) is 1. The number of carbonyl (C=O) groups excluding carboxylic acids is 2. The molecule has 7 heteroatoms. The minimum absolute atomic E-state index is 0. The molecular weight excluding hydrogens is 390 g/mol. The summed E-state index contributed by atoms with van der Waals surface area (Å²) >= 11 is 0. The number of carbonyl (C=O) groups is 2. The number of aryl methyl sites for hydroxylation is 2. The zero-order chi connectivity index (χ0) is 20.9. The van der Waals surface area contributed by atoms with Crippen molar-refractivity contribution in [3.05, 3.63) is 28.8 Å². The topological polar surface area (TPSA) is 84.7 Å². The zero-order valence-corrected chi connectivity index (χ0v) is 19.2. The van der Waals surface area contributed by atoms with Gasteiger partial charge < -0.3 is 20.7 Å². The summed E-state index contributed by atoms with van der Waals surface area (Å²) in [6, 6.07) is 3.61. The van der Waals surface area contributed by atoms with E-state index in [1.165, 1.54) is 6.42 Å². The van der Waals surface area contributed by atoms with Crippen LogP contribution in [0, 0.1) is 19.8 Å². The summed E-state index contributed by atoms with van der Waals surface area (Å²) in [6.45, 7) is 11.9. The largest absolute Gasteiger partial charge is 0.483 e. The van der Waals surface area contributed by atoms with E-state index in [9.17, 15) is 9.59 Å². The Morgan fingerprint density at radius 1 is 1.17 bits per heavy atom. The number of hydrogen-bond donors (Lipinski definition) is 2. The highest BCUT2D eigenvalue weighted by Crippen LogP contribution is 2.26. The Morgan fingerprint density at radius 2 is 1.72 bits per heavy atom. The van der Waals surface area contributed by atoms with E-state index < -0.39 is 5.54 Å². The predicted octanol–water partition coefficient (Wildman–Crippen LogP) is 3.22. The fourth-order valence-corrected chi connectivity index (χ4v) is 3.44. The average Bonchev–Trinajstić information content (AvgIpc) is 2.67. The van der Waals surface area contributed by atoms with Crippen LogP contribution in [0.5, 0.6) is 5.75 Å². The molecule has 0 spiro atoms. The van der Waals surface area contributed by atoms with Gasteiger partial charge in [-0.1, -0.05) is 13.8 Å². The normalized spacial score (nSPS) is 16.0. The van der Waals surface area contributed by atoms with Gasteiger partial charge in [-0.15, -0.1) is 12.4 Å². The van der Waals surface area contributed by atoms with Gasteiger partial charge in [-0.05, 0) is 69.2 Å². The van der Waals surface area contributed by atoms with Gasteiger partial charge in [0.25, 0.3) is 11.8 Å². The molecule has 1 unspecified atom stereocenters. The van der Waals surface area contributed by atoms with Crippen LogP contribution in [0.25, 0.3) is 0 Å². The molecule has 1 heterocycles. The SMILES string of the molecule is Cc1cc(C(=O)NC(C)(CN)C(C)C)cc(C)c1OCC(=O)N1CCCCC1.Cl. The molecule has 3 N–H and O–H groups in total. The van der Waals surface area contributed by atoms with Crippen molar-refractivity contribution >= 4 is 24.2 Å². The van der Waals surface area contributed by atoms with Crippen molar-refractivity contribution in [2.45, 2.75) is 59.4 Å². The van der Waals surface area contributed by atoms with Crippen LogP contribution in [0.2, 0.25) is 0 Å². The van der Waals surface area contributed by atoms with Gasteiger partial charge in [-0.3, -0.25) is 9.59 Å². The summed E-state index contributed by atoms with van der Waals surface area (Å²) in [5.41, 5.74) is 7.67. The minimum atomic E-state index is -0.463. The Hall–Kier alpha value is -1.79. The number of nitrogens with zero attached hydrogens (tertiary/aromatic N) is 1. The number of halogens is 1. The standard InChI is InChI=1S/C22H35N3O3.ClH/c1-15(2)22(5,14-23)24-21(27)18-11-16(3)20(17(4)12-18)28-13-19(26)25-9-7-6-8-10-25;/h11-12,15H,6-10,13-14,23H2,1-5H3,(H,24,27);1H. The van der Waals surface area contributed by atoms with Crippen LogP contribution in [-0.4, -0.2) is 48.5 Å². The molecule has 164 valence electrons. The van der Waals surface area contributed by atoms with Crippen LogP contribution < -0.4 is 15.8 Å². The van der Waals surface area contributed by atoms with Crippen molar-refractivity contribution in [2.75, 3.05) is 26.2 Å². The molecule has 29 heavy (non-hydrogen) atoms. The van der Waals surface area contributed by atoms with Crippen molar-refractivity contribution in [3.8, 4) is 5.75 Å². The highest BCUT2D eigenvalue weighted by Gasteiger charge is 2.29. The highest BCUT2D eigenvalue weighted by atomic mass is 35.5. The summed E-state index contributed by atoms with van der Waals surface area (Å²) in [5.74, 6) is 0.763. The lowest BCUT2D eigenvalue weighted by Gasteiger charge is -2.33. The molecule has 0 aromatic heterocycles. The molecule has 2 rings (SSSR count). The molecular formula is C22H36ClN3O3. The summed E-state index contributed by atoms with van der Waals surface area (Å²) < 4.78 is 5.83. The van der Waals surface area contributed by atoms with Crippen molar-refractivity contribution in [1.82, 2.24) is 10.2 Å². The van der Waals surface area contributed by atoms with Crippen LogP contribution in [0.15, 0.2) is 12.1 Å². The number of likely N-dealkylation sites (tertiary alicyclic amines) is 1. The first-order valence-corrected chi connectivity index (χ1v) is 10.2. The molecule has 0 bridgehead atoms. The zero-order valence-electron chi connectivity index (χ0n) is 18.3. The summed E-state index contributed by atoms with van der Waals surface area (Å²) in [6.07, 6.45) is 3.31. The first-order chi connectivity index (χ1) is 13.2. The van der Waals surface area contributed by atoms with Crippen molar-refractivity contribution in [1.29, 1.82) is 0 Å². The Bertz CT molecular complexity index is 694. The van der Waals surface area contributed by atoms with E-state index in [0.29, 0.717) is 17.9 Å². The number of amides is 2. The Kier molecular flexibility index (Phi) is 9.43. The molecule has 6 nitrogen and oxygen atoms in total. The molecule has 1 fully saturated rings. The molecule has 0 aliphatic carbocycles. The fourth-order valence-electron chi connectivity index (χ4n) is 3.44. The molecule has 1 aliphatic heterocycles. The third-order valence-electron chi connectivity index (χ3n) is 5.87. The molecule has 0 saturated carbocycles. The summed E-state index contributed by atoms with van der Waals surface area (Å²) in [5, 5.41) is 3.06. The van der Waals surface area contributed by atoms with Crippen molar-refractivity contribution in [2.24, 2.45) is 11.7 Å². The molecule has 1 aromatic rings. The van der Waals surface area contributed by atoms with E-state index in [1.54, 1.807) is 12.1 Å². The van der Waals surface area contributed by atoms with Gasteiger partial charge in [0.15, 0.2) is 6.61 Å². The van der Waals surface area contributed by atoms with Crippen LogP contribution in [0.1, 0.15) is 61.5 Å². The minimum Gasteiger partial charge on any atom is -0.483 e. The van der Waals surface area contributed by atoms with Crippen molar-refractivity contribution in [3.63, 3.8) is 0 Å². The second-order valence-electron chi connectivity index (χ2n) is 8.40. The maximum atomic E-state index is 12.7. The van der Waals surface area contributed by atoms with Gasteiger partial charge in [0, 0.05) is 25.2 Å². The maximum absolute atomic E-state index is 12.7. The number of benzene rings is 1. The molecule has 2 amide bonds. The van der Waals surface area contributed by atoms with Crippen molar-refractivity contribution < 1.29 is 14.3 Å². The van der Waals surface area contributed by atoms with E-state index in [2.05, 4.69) is 5.32 Å². The number of rotatable bonds is 7. The lowest BCUT2D eigenvalue weighted by atomic mass is 9.88. The van der Waals surface area contributed by atoms with Gasteiger partial charge in [0.2, 0.25) is 0 Å². The lowest BCUT2D eigenvalue weighted by Crippen LogP contribution is -2.55. The molecule has 1 aliphatic rings. The van der Waals surface area contributed by atoms with E-state index in [0.717, 1.165) is 37.1 Å². The number of ether oxygens (including phenoxy) is 1. The van der Waals surface area contributed by atoms with Gasteiger partial charge in [-0.25, -0.2) is 0 Å². The molecule has 1 aromatic carbocycles. The van der Waals surface area contributed by atoms with Gasteiger partial charge in [0.05, 0.1) is 5.54 Å². The number of piperidine rings is 1. The number of nitrogens with one attached hydrogen (secondary N) is 1. The smallest absolute Gasteiger partial charge is 0.260 e. The Labute approximate surface area is 181 Å². The van der Waals surface area contributed by atoms with Crippen LogP contribution in [-0.2, 0) is 4.79 Å². The van der Waals surface area contributed by atoms with Crippen LogP contribution in [0.4, 0.5) is 0 Å². The third-order valence-corrected chi connectivity index (χ3v) is 5.87. The Balaban J connectivity index is 0.00000420. The van der Waals surface area contributed by atoms with E-state index in [-0.39, 0.29) is 36.7 Å². The Morgan fingerprint density at radius 3 is 2.21 bits per heavy atom. The first-order valence-electron chi connectivity index (χ1n) is 10.2. The number of hydrogen-bond acceptors (Lipinski definition) is 4.